The van der Waals surface area contributed by atoms with Gasteiger partial charge in [0.25, 0.3) is 11.8 Å². The fourth-order valence-corrected chi connectivity index (χ4v) is 2.93. The Morgan fingerprint density at radius 1 is 0.710 bits per heavy atom. The monoisotopic (exact) mass is 409 g/mol. The fraction of sp³-hybridized carbons (Fsp3) is 0. The molecule has 4 aromatic rings. The van der Waals surface area contributed by atoms with Crippen LogP contribution >= 0.6 is 0 Å². The molecule has 2 amide bonds. The van der Waals surface area contributed by atoms with E-state index in [0.717, 1.165) is 0 Å². The highest BCUT2D eigenvalue weighted by Gasteiger charge is 2.14. The second-order valence-electron chi connectivity index (χ2n) is 6.64. The van der Waals surface area contributed by atoms with Crippen molar-refractivity contribution in [3.8, 4) is 11.5 Å². The van der Waals surface area contributed by atoms with E-state index in [1.165, 1.54) is 6.20 Å². The molecule has 2 N–H and O–H groups in total. The van der Waals surface area contributed by atoms with Gasteiger partial charge in [-0.15, -0.1) is 0 Å². The number of carbonyl (C=O) groups is 2. The summed E-state index contributed by atoms with van der Waals surface area (Å²) in [6.45, 7) is 0. The second kappa shape index (κ2) is 9.37. The number of pyridine rings is 1. The zero-order chi connectivity index (χ0) is 21.5. The van der Waals surface area contributed by atoms with Gasteiger partial charge in [0, 0.05) is 23.8 Å². The Hall–Kier alpha value is -4.45. The number of hydrogen-bond acceptors (Lipinski definition) is 4. The van der Waals surface area contributed by atoms with Crippen molar-refractivity contribution in [1.29, 1.82) is 0 Å². The highest BCUT2D eigenvalue weighted by Crippen LogP contribution is 2.26. The van der Waals surface area contributed by atoms with Crippen LogP contribution in [0.25, 0.3) is 0 Å². The first-order valence-corrected chi connectivity index (χ1v) is 9.64. The second-order valence-corrected chi connectivity index (χ2v) is 6.64. The van der Waals surface area contributed by atoms with Crippen LogP contribution in [0, 0.1) is 0 Å². The predicted molar refractivity (Wildman–Crippen MR) is 120 cm³/mol. The van der Waals surface area contributed by atoms with Crippen molar-refractivity contribution < 1.29 is 14.3 Å². The SMILES string of the molecule is O=C(Nc1cccc(NC(=O)c2ccccc2Oc2ccccc2)c1)c1cccnc1. The summed E-state index contributed by atoms with van der Waals surface area (Å²) >= 11 is 0. The normalized spacial score (nSPS) is 10.2. The van der Waals surface area contributed by atoms with E-state index in [2.05, 4.69) is 15.6 Å². The van der Waals surface area contributed by atoms with E-state index in [1.54, 1.807) is 60.8 Å². The van der Waals surface area contributed by atoms with Gasteiger partial charge in [0.05, 0.1) is 11.1 Å². The molecule has 1 heterocycles. The molecule has 152 valence electrons. The number of nitrogens with zero attached hydrogens (tertiary/aromatic N) is 1. The molecule has 0 saturated carbocycles. The number of amides is 2. The molecule has 4 rings (SSSR count). The Morgan fingerprint density at radius 2 is 1.42 bits per heavy atom. The van der Waals surface area contributed by atoms with Gasteiger partial charge < -0.3 is 15.4 Å². The molecule has 0 spiro atoms. The van der Waals surface area contributed by atoms with Crippen molar-refractivity contribution in [3.63, 3.8) is 0 Å². The zero-order valence-electron chi connectivity index (χ0n) is 16.5. The van der Waals surface area contributed by atoms with Crippen LogP contribution in [0.15, 0.2) is 103 Å². The van der Waals surface area contributed by atoms with Crippen LogP contribution < -0.4 is 15.4 Å². The summed E-state index contributed by atoms with van der Waals surface area (Å²) in [5, 5.41) is 5.66. The minimum atomic E-state index is -0.317. The van der Waals surface area contributed by atoms with Crippen LogP contribution in [0.5, 0.6) is 11.5 Å². The predicted octanol–water partition coefficient (Wildman–Crippen LogP) is 5.38. The summed E-state index contributed by atoms with van der Waals surface area (Å²) in [4.78, 5) is 29.2. The maximum absolute atomic E-state index is 12.9. The van der Waals surface area contributed by atoms with Gasteiger partial charge in [-0.3, -0.25) is 14.6 Å². The molecule has 3 aromatic carbocycles. The van der Waals surface area contributed by atoms with Crippen molar-refractivity contribution >= 4 is 23.2 Å². The molecule has 0 unspecified atom stereocenters. The number of aromatic nitrogens is 1. The fourth-order valence-electron chi connectivity index (χ4n) is 2.93. The third kappa shape index (κ3) is 5.13. The highest BCUT2D eigenvalue weighted by molar-refractivity contribution is 6.07. The zero-order valence-corrected chi connectivity index (χ0v) is 16.5. The lowest BCUT2D eigenvalue weighted by atomic mass is 10.1. The van der Waals surface area contributed by atoms with Crippen molar-refractivity contribution in [3.05, 3.63) is 115 Å². The van der Waals surface area contributed by atoms with E-state index in [0.29, 0.717) is 34.0 Å². The molecule has 0 radical (unpaired) electrons. The summed E-state index contributed by atoms with van der Waals surface area (Å²) in [5.74, 6) is 0.496. The van der Waals surface area contributed by atoms with Gasteiger partial charge in [-0.05, 0) is 54.6 Å². The number of hydrogen-bond donors (Lipinski definition) is 2. The first-order chi connectivity index (χ1) is 15.2. The smallest absolute Gasteiger partial charge is 0.259 e. The number of anilines is 2. The molecule has 31 heavy (non-hydrogen) atoms. The largest absolute Gasteiger partial charge is 0.457 e. The number of ether oxygens (including phenoxy) is 1. The molecule has 6 nitrogen and oxygen atoms in total. The molecule has 1 aromatic heterocycles. The number of rotatable bonds is 6. The van der Waals surface area contributed by atoms with E-state index in [-0.39, 0.29) is 11.8 Å². The van der Waals surface area contributed by atoms with Crippen LogP contribution in [0.2, 0.25) is 0 Å². The topological polar surface area (TPSA) is 80.3 Å². The standard InChI is InChI=1S/C25H19N3O3/c29-24(18-8-7-15-26-17-18)27-19-9-6-10-20(16-19)28-25(30)22-13-4-5-14-23(22)31-21-11-2-1-3-12-21/h1-17H,(H,27,29)(H,28,30). The van der Waals surface area contributed by atoms with Gasteiger partial charge in [0.1, 0.15) is 11.5 Å². The molecule has 0 aliphatic rings. The van der Waals surface area contributed by atoms with Gasteiger partial charge in [0.2, 0.25) is 0 Å². The highest BCUT2D eigenvalue weighted by atomic mass is 16.5. The molecule has 0 aliphatic carbocycles. The number of para-hydroxylation sites is 2. The summed E-state index contributed by atoms with van der Waals surface area (Å²) in [5.41, 5.74) is 1.95. The maximum atomic E-state index is 12.9. The first kappa shape index (κ1) is 19.8. The Labute approximate surface area is 179 Å². The quantitative estimate of drug-likeness (QED) is 0.448. The molecule has 0 fully saturated rings. The van der Waals surface area contributed by atoms with Crippen molar-refractivity contribution in [2.45, 2.75) is 0 Å². The average Bonchev–Trinajstić information content (AvgIpc) is 2.81. The van der Waals surface area contributed by atoms with E-state index in [4.69, 9.17) is 4.74 Å². The lowest BCUT2D eigenvalue weighted by molar-refractivity contribution is 0.101. The van der Waals surface area contributed by atoms with Crippen LogP contribution in [0.3, 0.4) is 0 Å². The first-order valence-electron chi connectivity index (χ1n) is 9.64. The minimum Gasteiger partial charge on any atom is -0.457 e. The van der Waals surface area contributed by atoms with Crippen LogP contribution in [0.4, 0.5) is 11.4 Å². The Balaban J connectivity index is 1.48. The molecule has 0 bridgehead atoms. The van der Waals surface area contributed by atoms with E-state index in [1.807, 2.05) is 36.4 Å². The van der Waals surface area contributed by atoms with Gasteiger partial charge in [-0.1, -0.05) is 36.4 Å². The summed E-state index contributed by atoms with van der Waals surface area (Å²) < 4.78 is 5.87. The van der Waals surface area contributed by atoms with Gasteiger partial charge >= 0.3 is 0 Å². The molecular formula is C25H19N3O3. The summed E-state index contributed by atoms with van der Waals surface area (Å²) in [7, 11) is 0. The minimum absolute atomic E-state index is 0.279. The van der Waals surface area contributed by atoms with Crippen LogP contribution in [-0.4, -0.2) is 16.8 Å². The van der Waals surface area contributed by atoms with E-state index < -0.39 is 0 Å². The van der Waals surface area contributed by atoms with Gasteiger partial charge in [0.15, 0.2) is 0 Å². The number of nitrogens with one attached hydrogen (secondary N) is 2. The van der Waals surface area contributed by atoms with Crippen LogP contribution in [0.1, 0.15) is 20.7 Å². The Bertz CT molecular complexity index is 1190. The van der Waals surface area contributed by atoms with Gasteiger partial charge in [-0.25, -0.2) is 0 Å². The molecule has 6 heteroatoms. The third-order valence-electron chi connectivity index (χ3n) is 4.40. The summed E-state index contributed by atoms with van der Waals surface area (Å²) in [6.07, 6.45) is 3.09. The maximum Gasteiger partial charge on any atom is 0.259 e. The van der Waals surface area contributed by atoms with Crippen molar-refractivity contribution in [1.82, 2.24) is 4.98 Å². The Kier molecular flexibility index (Phi) is 6.00. The van der Waals surface area contributed by atoms with Crippen molar-refractivity contribution in [2.24, 2.45) is 0 Å². The summed E-state index contributed by atoms with van der Waals surface area (Å²) in [6, 6.07) is 26.6. The Morgan fingerprint density at radius 3 is 2.16 bits per heavy atom. The molecular weight excluding hydrogens is 390 g/mol. The molecule has 0 saturated heterocycles. The number of benzene rings is 3. The average molecular weight is 409 g/mol. The van der Waals surface area contributed by atoms with E-state index >= 15 is 0 Å². The lowest BCUT2D eigenvalue weighted by Gasteiger charge is -2.12. The van der Waals surface area contributed by atoms with Crippen molar-refractivity contribution in [2.75, 3.05) is 10.6 Å². The third-order valence-corrected chi connectivity index (χ3v) is 4.40. The molecule has 0 atom stereocenters. The lowest BCUT2D eigenvalue weighted by Crippen LogP contribution is -2.14. The van der Waals surface area contributed by atoms with Crippen LogP contribution in [-0.2, 0) is 0 Å². The number of carbonyl (C=O) groups excluding carboxylic acids is 2. The van der Waals surface area contributed by atoms with Gasteiger partial charge in [-0.2, -0.15) is 0 Å². The van der Waals surface area contributed by atoms with E-state index in [9.17, 15) is 9.59 Å². The molecule has 0 aliphatic heterocycles.